The molecule has 0 aliphatic rings. The number of nitrogens with one attached hydrogen (secondary N) is 1. The number of hydrogen-bond acceptors (Lipinski definition) is 3. The van der Waals surface area contributed by atoms with Gasteiger partial charge < -0.3 is 5.32 Å². The minimum atomic E-state index is -0.377. The fourth-order valence-electron chi connectivity index (χ4n) is 1.25. The van der Waals surface area contributed by atoms with Crippen LogP contribution in [0.25, 0.3) is 0 Å². The van der Waals surface area contributed by atoms with E-state index in [-0.39, 0.29) is 21.8 Å². The van der Waals surface area contributed by atoms with Crippen molar-refractivity contribution < 1.29 is 4.79 Å². The molecule has 0 spiro atoms. The molecule has 18 heavy (non-hydrogen) atoms. The van der Waals surface area contributed by atoms with Gasteiger partial charge in [0.25, 0.3) is 5.91 Å². The van der Waals surface area contributed by atoms with Gasteiger partial charge in [-0.1, -0.05) is 23.2 Å². The fraction of sp³-hybridized carbons (Fsp3) is 0. The van der Waals surface area contributed by atoms with E-state index in [0.29, 0.717) is 10.3 Å². The molecule has 0 aromatic carbocycles. The Kier molecular flexibility index (Phi) is 4.16. The average molecular weight is 347 g/mol. The molecule has 0 saturated heterocycles. The van der Waals surface area contributed by atoms with Crippen LogP contribution in [0.4, 0.5) is 5.69 Å². The summed E-state index contributed by atoms with van der Waals surface area (Å²) < 4.78 is 0.538. The summed E-state index contributed by atoms with van der Waals surface area (Å²) in [5.41, 5.74) is 0.797. The lowest BCUT2D eigenvalue weighted by Crippen LogP contribution is -2.13. The molecule has 0 aliphatic heterocycles. The third-order valence-corrected chi connectivity index (χ3v) is 3.20. The molecular weight excluding hydrogens is 341 g/mol. The van der Waals surface area contributed by atoms with Crippen LogP contribution in [0.15, 0.2) is 35.1 Å². The van der Waals surface area contributed by atoms with Crippen LogP contribution >= 0.6 is 39.1 Å². The molecule has 1 N–H and O–H groups in total. The van der Waals surface area contributed by atoms with Crippen LogP contribution in [-0.2, 0) is 0 Å². The van der Waals surface area contributed by atoms with E-state index in [1.54, 1.807) is 18.3 Å². The highest BCUT2D eigenvalue weighted by atomic mass is 79.9. The summed E-state index contributed by atoms with van der Waals surface area (Å²) in [5.74, 6) is -0.377. The Morgan fingerprint density at radius 2 is 2.06 bits per heavy atom. The number of aromatic nitrogens is 2. The molecule has 0 bridgehead atoms. The van der Waals surface area contributed by atoms with Crippen LogP contribution in [0, 0.1) is 0 Å². The van der Waals surface area contributed by atoms with E-state index in [9.17, 15) is 4.79 Å². The predicted octanol–water partition coefficient (Wildman–Crippen LogP) is 3.80. The lowest BCUT2D eigenvalue weighted by Gasteiger charge is -2.07. The first kappa shape index (κ1) is 13.3. The monoisotopic (exact) mass is 345 g/mol. The van der Waals surface area contributed by atoms with Gasteiger partial charge in [-0.05, 0) is 40.2 Å². The van der Waals surface area contributed by atoms with Gasteiger partial charge in [0, 0.05) is 6.20 Å². The molecule has 0 aliphatic carbocycles. The minimum Gasteiger partial charge on any atom is -0.320 e. The molecule has 0 unspecified atom stereocenters. The molecule has 4 nitrogen and oxygen atoms in total. The molecule has 2 aromatic heterocycles. The lowest BCUT2D eigenvalue weighted by molar-refractivity contribution is 0.102. The standard InChI is InChI=1S/C11H6BrCl2N3O/c12-9-7(2-1-5-15-9)16-11(18)6-3-4-8(13)17-10(6)14/h1-5H,(H,16,18). The van der Waals surface area contributed by atoms with Crippen molar-refractivity contribution in [2.45, 2.75) is 0 Å². The number of halogens is 3. The number of amides is 1. The number of pyridine rings is 2. The Bertz CT molecular complexity index is 607. The van der Waals surface area contributed by atoms with Crippen molar-refractivity contribution in [1.82, 2.24) is 9.97 Å². The number of hydrogen-bond donors (Lipinski definition) is 1. The molecule has 2 aromatic rings. The first-order chi connectivity index (χ1) is 8.58. The molecule has 1 amide bonds. The van der Waals surface area contributed by atoms with Gasteiger partial charge in [0.2, 0.25) is 0 Å². The average Bonchev–Trinajstić information content (AvgIpc) is 2.32. The summed E-state index contributed by atoms with van der Waals surface area (Å²) in [6.07, 6.45) is 1.61. The van der Waals surface area contributed by atoms with Crippen LogP contribution in [0.1, 0.15) is 10.4 Å². The largest absolute Gasteiger partial charge is 0.320 e. The molecule has 0 radical (unpaired) electrons. The van der Waals surface area contributed by atoms with E-state index in [4.69, 9.17) is 23.2 Å². The van der Waals surface area contributed by atoms with Crippen LogP contribution < -0.4 is 5.32 Å². The molecule has 0 saturated carbocycles. The molecule has 7 heteroatoms. The second kappa shape index (κ2) is 5.65. The van der Waals surface area contributed by atoms with Gasteiger partial charge in [-0.25, -0.2) is 9.97 Å². The Hall–Kier alpha value is -1.17. The summed E-state index contributed by atoms with van der Waals surface area (Å²) in [5, 5.41) is 2.96. The second-order valence-corrected chi connectivity index (χ2v) is 4.76. The maximum absolute atomic E-state index is 12.0. The zero-order valence-corrected chi connectivity index (χ0v) is 11.9. The molecule has 2 heterocycles. The molecule has 0 atom stereocenters. The minimum absolute atomic E-state index is 0.0556. The van der Waals surface area contributed by atoms with Gasteiger partial charge in [-0.15, -0.1) is 0 Å². The van der Waals surface area contributed by atoms with Gasteiger partial charge in [0.1, 0.15) is 14.9 Å². The highest BCUT2D eigenvalue weighted by Gasteiger charge is 2.13. The summed E-state index contributed by atoms with van der Waals surface area (Å²) in [6.45, 7) is 0. The SMILES string of the molecule is O=C(Nc1cccnc1Br)c1ccc(Cl)nc1Cl. The third-order valence-electron chi connectivity index (χ3n) is 2.07. The predicted molar refractivity (Wildman–Crippen MR) is 74.1 cm³/mol. The van der Waals surface area contributed by atoms with Gasteiger partial charge in [0.05, 0.1) is 11.3 Å². The maximum atomic E-state index is 12.0. The molecule has 0 fully saturated rings. The van der Waals surface area contributed by atoms with E-state index in [1.165, 1.54) is 12.1 Å². The van der Waals surface area contributed by atoms with Crippen molar-refractivity contribution in [2.75, 3.05) is 5.32 Å². The Morgan fingerprint density at radius 1 is 1.28 bits per heavy atom. The van der Waals surface area contributed by atoms with Crippen LogP contribution in [0.2, 0.25) is 10.3 Å². The normalized spacial score (nSPS) is 10.2. The van der Waals surface area contributed by atoms with Crippen LogP contribution in [-0.4, -0.2) is 15.9 Å². The first-order valence-corrected chi connectivity index (χ1v) is 6.37. The zero-order valence-electron chi connectivity index (χ0n) is 8.82. The smallest absolute Gasteiger partial charge is 0.258 e. The summed E-state index contributed by atoms with van der Waals surface area (Å²) in [4.78, 5) is 19.8. The topological polar surface area (TPSA) is 54.9 Å². The Labute approximate surface area is 121 Å². The lowest BCUT2D eigenvalue weighted by atomic mass is 10.2. The van der Waals surface area contributed by atoms with Crippen molar-refractivity contribution >= 4 is 50.7 Å². The van der Waals surface area contributed by atoms with Gasteiger partial charge >= 0.3 is 0 Å². The zero-order chi connectivity index (χ0) is 13.1. The molecular formula is C11H6BrCl2N3O. The van der Waals surface area contributed by atoms with Crippen LogP contribution in [0.5, 0.6) is 0 Å². The highest BCUT2D eigenvalue weighted by molar-refractivity contribution is 9.10. The van der Waals surface area contributed by atoms with E-state index in [0.717, 1.165) is 0 Å². The second-order valence-electron chi connectivity index (χ2n) is 3.27. The van der Waals surface area contributed by atoms with Crippen molar-refractivity contribution in [3.63, 3.8) is 0 Å². The number of carbonyl (C=O) groups excluding carboxylic acids is 1. The van der Waals surface area contributed by atoms with E-state index in [1.807, 2.05) is 0 Å². The number of nitrogens with zero attached hydrogens (tertiary/aromatic N) is 2. The number of rotatable bonds is 2. The van der Waals surface area contributed by atoms with E-state index in [2.05, 4.69) is 31.2 Å². The maximum Gasteiger partial charge on any atom is 0.258 e. The van der Waals surface area contributed by atoms with E-state index < -0.39 is 0 Å². The van der Waals surface area contributed by atoms with E-state index >= 15 is 0 Å². The quantitative estimate of drug-likeness (QED) is 0.841. The van der Waals surface area contributed by atoms with Gasteiger partial charge in [0.15, 0.2) is 0 Å². The number of carbonyl (C=O) groups is 1. The molecule has 2 rings (SSSR count). The van der Waals surface area contributed by atoms with Crippen molar-refractivity contribution in [3.05, 3.63) is 50.9 Å². The Morgan fingerprint density at radius 3 is 2.72 bits per heavy atom. The number of anilines is 1. The van der Waals surface area contributed by atoms with Crippen molar-refractivity contribution in [2.24, 2.45) is 0 Å². The van der Waals surface area contributed by atoms with Gasteiger partial charge in [-0.3, -0.25) is 4.79 Å². The van der Waals surface area contributed by atoms with Crippen molar-refractivity contribution in [1.29, 1.82) is 0 Å². The fourth-order valence-corrected chi connectivity index (χ4v) is 2.03. The third kappa shape index (κ3) is 2.98. The van der Waals surface area contributed by atoms with Gasteiger partial charge in [-0.2, -0.15) is 0 Å². The highest BCUT2D eigenvalue weighted by Crippen LogP contribution is 2.21. The van der Waals surface area contributed by atoms with Crippen LogP contribution in [0.3, 0.4) is 0 Å². The summed E-state index contributed by atoms with van der Waals surface area (Å²) in [6, 6.07) is 6.44. The Balaban J connectivity index is 2.25. The summed E-state index contributed by atoms with van der Waals surface area (Å²) in [7, 11) is 0. The molecule has 92 valence electrons. The van der Waals surface area contributed by atoms with Crippen molar-refractivity contribution in [3.8, 4) is 0 Å². The summed E-state index contributed by atoms with van der Waals surface area (Å²) >= 11 is 14.7. The first-order valence-electron chi connectivity index (χ1n) is 4.82.